The standard InChI is InChI=1S/C10H9N5/c1-7-2-3-13-9(4-7)15-6-8(5-11)10(12)14-15/h2-4,6H,1H3,(H2,12,14). The predicted molar refractivity (Wildman–Crippen MR) is 55.2 cm³/mol. The van der Waals surface area contributed by atoms with Gasteiger partial charge in [0.15, 0.2) is 11.6 Å². The zero-order chi connectivity index (χ0) is 10.8. The van der Waals surface area contributed by atoms with Gasteiger partial charge in [-0.1, -0.05) is 0 Å². The number of aromatic nitrogens is 3. The zero-order valence-electron chi connectivity index (χ0n) is 8.18. The number of rotatable bonds is 1. The summed E-state index contributed by atoms with van der Waals surface area (Å²) in [5.41, 5.74) is 6.98. The monoisotopic (exact) mass is 199 g/mol. The summed E-state index contributed by atoms with van der Waals surface area (Å²) in [4.78, 5) is 4.13. The van der Waals surface area contributed by atoms with Crippen LogP contribution in [0.4, 0.5) is 5.82 Å². The Morgan fingerprint density at radius 1 is 1.53 bits per heavy atom. The first-order valence-electron chi connectivity index (χ1n) is 4.39. The van der Waals surface area contributed by atoms with E-state index in [-0.39, 0.29) is 5.82 Å². The van der Waals surface area contributed by atoms with Gasteiger partial charge in [-0.3, -0.25) is 0 Å². The molecule has 5 nitrogen and oxygen atoms in total. The van der Waals surface area contributed by atoms with Crippen molar-refractivity contribution in [3.05, 3.63) is 35.7 Å². The van der Waals surface area contributed by atoms with Crippen molar-refractivity contribution in [2.75, 3.05) is 5.73 Å². The highest BCUT2D eigenvalue weighted by Gasteiger charge is 2.06. The van der Waals surface area contributed by atoms with Crippen LogP contribution >= 0.6 is 0 Å². The fourth-order valence-corrected chi connectivity index (χ4v) is 1.24. The molecule has 2 rings (SSSR count). The van der Waals surface area contributed by atoms with Crippen LogP contribution in [0.2, 0.25) is 0 Å². The molecule has 0 aliphatic heterocycles. The quantitative estimate of drug-likeness (QED) is 0.743. The molecule has 0 aliphatic rings. The smallest absolute Gasteiger partial charge is 0.163 e. The lowest BCUT2D eigenvalue weighted by Crippen LogP contribution is -1.98. The van der Waals surface area contributed by atoms with Gasteiger partial charge in [-0.15, -0.1) is 5.10 Å². The van der Waals surface area contributed by atoms with Gasteiger partial charge in [-0.2, -0.15) is 5.26 Å². The number of nitrogen functional groups attached to an aromatic ring is 1. The summed E-state index contributed by atoms with van der Waals surface area (Å²) in [6.07, 6.45) is 3.26. The lowest BCUT2D eigenvalue weighted by Gasteiger charge is -1.99. The summed E-state index contributed by atoms with van der Waals surface area (Å²) in [5, 5.41) is 12.7. The van der Waals surface area contributed by atoms with E-state index in [2.05, 4.69) is 10.1 Å². The second kappa shape index (κ2) is 3.42. The molecule has 15 heavy (non-hydrogen) atoms. The molecule has 2 aromatic rings. The average Bonchev–Trinajstić information content (AvgIpc) is 2.60. The van der Waals surface area contributed by atoms with Crippen LogP contribution in [0.5, 0.6) is 0 Å². The molecule has 0 spiro atoms. The molecule has 5 heteroatoms. The van der Waals surface area contributed by atoms with E-state index in [1.807, 2.05) is 25.1 Å². The summed E-state index contributed by atoms with van der Waals surface area (Å²) in [6.45, 7) is 1.96. The maximum Gasteiger partial charge on any atom is 0.163 e. The molecular formula is C10H9N5. The lowest BCUT2D eigenvalue weighted by atomic mass is 10.3. The third kappa shape index (κ3) is 1.65. The molecule has 0 bridgehead atoms. The Kier molecular flexibility index (Phi) is 2.10. The number of nitriles is 1. The van der Waals surface area contributed by atoms with Gasteiger partial charge in [-0.05, 0) is 24.6 Å². The maximum atomic E-state index is 8.73. The van der Waals surface area contributed by atoms with Crippen LogP contribution in [0.1, 0.15) is 11.1 Å². The van der Waals surface area contributed by atoms with Crippen LogP contribution in [-0.2, 0) is 0 Å². The molecule has 0 aliphatic carbocycles. The van der Waals surface area contributed by atoms with Crippen LogP contribution in [0.3, 0.4) is 0 Å². The zero-order valence-corrected chi connectivity index (χ0v) is 8.18. The molecule has 0 unspecified atom stereocenters. The van der Waals surface area contributed by atoms with Crippen molar-refractivity contribution in [1.29, 1.82) is 5.26 Å². The van der Waals surface area contributed by atoms with Gasteiger partial charge in [0.2, 0.25) is 0 Å². The molecule has 0 radical (unpaired) electrons. The van der Waals surface area contributed by atoms with Crippen molar-refractivity contribution >= 4 is 5.82 Å². The number of hydrogen-bond acceptors (Lipinski definition) is 4. The van der Waals surface area contributed by atoms with E-state index in [4.69, 9.17) is 11.0 Å². The number of anilines is 1. The van der Waals surface area contributed by atoms with Gasteiger partial charge in [-0.25, -0.2) is 9.67 Å². The predicted octanol–water partition coefficient (Wildman–Crippen LogP) is 1.03. The Morgan fingerprint density at radius 2 is 2.33 bits per heavy atom. The minimum Gasteiger partial charge on any atom is -0.381 e. The summed E-state index contributed by atoms with van der Waals surface area (Å²) >= 11 is 0. The van der Waals surface area contributed by atoms with E-state index >= 15 is 0 Å². The van der Waals surface area contributed by atoms with Gasteiger partial charge < -0.3 is 5.73 Å². The minimum absolute atomic E-state index is 0.223. The molecule has 0 amide bonds. The molecule has 0 aromatic carbocycles. The fourth-order valence-electron chi connectivity index (χ4n) is 1.24. The van der Waals surface area contributed by atoms with Crippen molar-refractivity contribution in [3.8, 4) is 11.9 Å². The summed E-state index contributed by atoms with van der Waals surface area (Å²) in [5.74, 6) is 0.879. The Morgan fingerprint density at radius 3 is 2.93 bits per heavy atom. The largest absolute Gasteiger partial charge is 0.381 e. The van der Waals surface area contributed by atoms with Gasteiger partial charge in [0.1, 0.15) is 11.6 Å². The van der Waals surface area contributed by atoms with E-state index < -0.39 is 0 Å². The number of nitrogens with two attached hydrogens (primary N) is 1. The maximum absolute atomic E-state index is 8.73. The van der Waals surface area contributed by atoms with Crippen LogP contribution in [0.15, 0.2) is 24.5 Å². The SMILES string of the molecule is Cc1ccnc(-n2cc(C#N)c(N)n2)c1. The second-order valence-corrected chi connectivity index (χ2v) is 3.18. The van der Waals surface area contributed by atoms with Crippen molar-refractivity contribution in [3.63, 3.8) is 0 Å². The Labute approximate surface area is 86.8 Å². The number of pyridine rings is 1. The molecule has 2 N–H and O–H groups in total. The third-order valence-electron chi connectivity index (χ3n) is 2.00. The Balaban J connectivity index is 2.51. The highest BCUT2D eigenvalue weighted by atomic mass is 15.3. The Bertz CT molecular complexity index is 535. The topological polar surface area (TPSA) is 80.5 Å². The minimum atomic E-state index is 0.223. The van der Waals surface area contributed by atoms with Crippen LogP contribution in [0, 0.1) is 18.3 Å². The van der Waals surface area contributed by atoms with E-state index in [0.717, 1.165) is 5.56 Å². The molecular weight excluding hydrogens is 190 g/mol. The third-order valence-corrected chi connectivity index (χ3v) is 2.00. The number of aryl methyl sites for hydroxylation is 1. The first kappa shape index (κ1) is 9.21. The molecule has 0 atom stereocenters. The molecule has 0 saturated heterocycles. The first-order valence-corrected chi connectivity index (χ1v) is 4.39. The van der Waals surface area contributed by atoms with Crippen LogP contribution in [-0.4, -0.2) is 14.8 Å². The molecule has 74 valence electrons. The van der Waals surface area contributed by atoms with Gasteiger partial charge in [0.25, 0.3) is 0 Å². The lowest BCUT2D eigenvalue weighted by molar-refractivity contribution is 0.849. The van der Waals surface area contributed by atoms with Crippen molar-refractivity contribution in [1.82, 2.24) is 14.8 Å². The van der Waals surface area contributed by atoms with Crippen molar-refractivity contribution in [2.45, 2.75) is 6.92 Å². The Hall–Kier alpha value is -2.35. The normalized spacial score (nSPS) is 9.87. The first-order chi connectivity index (χ1) is 7.20. The second-order valence-electron chi connectivity index (χ2n) is 3.18. The molecule has 2 heterocycles. The average molecular weight is 199 g/mol. The highest BCUT2D eigenvalue weighted by Crippen LogP contribution is 2.11. The van der Waals surface area contributed by atoms with Crippen LogP contribution < -0.4 is 5.73 Å². The molecule has 0 saturated carbocycles. The van der Waals surface area contributed by atoms with Gasteiger partial charge >= 0.3 is 0 Å². The van der Waals surface area contributed by atoms with E-state index in [0.29, 0.717) is 11.4 Å². The van der Waals surface area contributed by atoms with Gasteiger partial charge in [0.05, 0.1) is 6.20 Å². The summed E-state index contributed by atoms with van der Waals surface area (Å²) in [7, 11) is 0. The summed E-state index contributed by atoms with van der Waals surface area (Å²) < 4.78 is 1.50. The van der Waals surface area contributed by atoms with E-state index in [9.17, 15) is 0 Å². The fraction of sp³-hybridized carbons (Fsp3) is 0.100. The summed E-state index contributed by atoms with van der Waals surface area (Å²) in [6, 6.07) is 5.72. The van der Waals surface area contributed by atoms with E-state index in [1.54, 1.807) is 12.4 Å². The number of nitrogens with zero attached hydrogens (tertiary/aromatic N) is 4. The van der Waals surface area contributed by atoms with Crippen molar-refractivity contribution < 1.29 is 0 Å². The van der Waals surface area contributed by atoms with Crippen molar-refractivity contribution in [2.24, 2.45) is 0 Å². The molecule has 0 fully saturated rings. The number of hydrogen-bond donors (Lipinski definition) is 1. The highest BCUT2D eigenvalue weighted by molar-refractivity contribution is 5.48. The van der Waals surface area contributed by atoms with E-state index in [1.165, 1.54) is 4.68 Å². The van der Waals surface area contributed by atoms with Gasteiger partial charge in [0, 0.05) is 6.20 Å². The van der Waals surface area contributed by atoms with Crippen LogP contribution in [0.25, 0.3) is 5.82 Å². The molecule has 2 aromatic heterocycles.